The molecule has 0 unspecified atom stereocenters. The standard InChI is InChI=1S/C11H9NO2/c1-14-10-5-2-4-9(8-10)11(13)6-3-7-12/h2-6,8H,1H3. The van der Waals surface area contributed by atoms with Crippen LogP contribution in [-0.2, 0) is 0 Å². The van der Waals surface area contributed by atoms with Gasteiger partial charge in [0.05, 0.1) is 13.2 Å². The lowest BCUT2D eigenvalue weighted by Crippen LogP contribution is -1.94. The van der Waals surface area contributed by atoms with Gasteiger partial charge in [0, 0.05) is 11.6 Å². The van der Waals surface area contributed by atoms with Gasteiger partial charge in [0.25, 0.3) is 0 Å². The lowest BCUT2D eigenvalue weighted by atomic mass is 10.1. The van der Waals surface area contributed by atoms with E-state index in [-0.39, 0.29) is 5.78 Å². The summed E-state index contributed by atoms with van der Waals surface area (Å²) in [6.45, 7) is 0. The number of ether oxygens (including phenoxy) is 1. The maximum absolute atomic E-state index is 11.4. The number of ketones is 1. The average molecular weight is 187 g/mol. The van der Waals surface area contributed by atoms with Crippen molar-refractivity contribution in [3.8, 4) is 11.8 Å². The maximum Gasteiger partial charge on any atom is 0.186 e. The van der Waals surface area contributed by atoms with Gasteiger partial charge in [-0.1, -0.05) is 12.1 Å². The van der Waals surface area contributed by atoms with Crippen LogP contribution in [0.15, 0.2) is 36.4 Å². The van der Waals surface area contributed by atoms with E-state index in [0.29, 0.717) is 11.3 Å². The van der Waals surface area contributed by atoms with Crippen molar-refractivity contribution < 1.29 is 9.53 Å². The van der Waals surface area contributed by atoms with Gasteiger partial charge in [-0.15, -0.1) is 0 Å². The first-order chi connectivity index (χ1) is 6.77. The Balaban J connectivity index is 2.91. The van der Waals surface area contributed by atoms with Gasteiger partial charge in [-0.05, 0) is 18.2 Å². The van der Waals surface area contributed by atoms with E-state index in [9.17, 15) is 4.79 Å². The van der Waals surface area contributed by atoms with Gasteiger partial charge in [-0.2, -0.15) is 5.26 Å². The quantitative estimate of drug-likeness (QED) is 0.413. The Bertz CT molecular complexity index is 402. The second kappa shape index (κ2) is 4.83. The van der Waals surface area contributed by atoms with Crippen LogP contribution < -0.4 is 4.74 Å². The highest BCUT2D eigenvalue weighted by molar-refractivity contribution is 6.04. The zero-order chi connectivity index (χ0) is 10.4. The Morgan fingerprint density at radius 1 is 1.57 bits per heavy atom. The van der Waals surface area contributed by atoms with Crippen molar-refractivity contribution in [2.24, 2.45) is 0 Å². The summed E-state index contributed by atoms with van der Waals surface area (Å²) in [6.07, 6.45) is 2.39. The van der Waals surface area contributed by atoms with Gasteiger partial charge in [0.1, 0.15) is 5.75 Å². The zero-order valence-corrected chi connectivity index (χ0v) is 7.73. The van der Waals surface area contributed by atoms with Crippen LogP contribution in [0, 0.1) is 11.3 Å². The zero-order valence-electron chi connectivity index (χ0n) is 7.73. The van der Waals surface area contributed by atoms with Crippen LogP contribution >= 0.6 is 0 Å². The van der Waals surface area contributed by atoms with E-state index in [1.165, 1.54) is 13.2 Å². The van der Waals surface area contributed by atoms with E-state index in [2.05, 4.69) is 0 Å². The maximum atomic E-state index is 11.4. The lowest BCUT2D eigenvalue weighted by molar-refractivity contribution is 0.104. The normalized spacial score (nSPS) is 9.71. The van der Waals surface area contributed by atoms with Crippen molar-refractivity contribution >= 4 is 5.78 Å². The molecule has 0 fully saturated rings. The fourth-order valence-corrected chi connectivity index (χ4v) is 0.986. The number of nitrogens with zero attached hydrogens (tertiary/aromatic N) is 1. The molecule has 0 spiro atoms. The molecule has 0 saturated heterocycles. The number of rotatable bonds is 3. The predicted molar refractivity (Wildman–Crippen MR) is 52.1 cm³/mol. The van der Waals surface area contributed by atoms with E-state index in [1.54, 1.807) is 30.3 Å². The van der Waals surface area contributed by atoms with E-state index in [1.807, 2.05) is 0 Å². The minimum Gasteiger partial charge on any atom is -0.497 e. The molecule has 0 aromatic heterocycles. The van der Waals surface area contributed by atoms with E-state index >= 15 is 0 Å². The molecular weight excluding hydrogens is 178 g/mol. The summed E-state index contributed by atoms with van der Waals surface area (Å²) in [6, 6.07) is 8.55. The van der Waals surface area contributed by atoms with Crippen LogP contribution in [0.5, 0.6) is 5.75 Å². The predicted octanol–water partition coefficient (Wildman–Crippen LogP) is 1.96. The molecule has 0 saturated carbocycles. The smallest absolute Gasteiger partial charge is 0.186 e. The molecular formula is C11H9NO2. The molecule has 0 atom stereocenters. The van der Waals surface area contributed by atoms with Crippen LogP contribution in [0.3, 0.4) is 0 Å². The highest BCUT2D eigenvalue weighted by Gasteiger charge is 2.01. The molecule has 1 rings (SSSR count). The molecule has 3 nitrogen and oxygen atoms in total. The second-order valence-electron chi connectivity index (χ2n) is 2.56. The summed E-state index contributed by atoms with van der Waals surface area (Å²) in [5.74, 6) is 0.423. The molecule has 0 aliphatic heterocycles. The van der Waals surface area contributed by atoms with Gasteiger partial charge in [0.2, 0.25) is 0 Å². The number of carbonyl (C=O) groups excluding carboxylic acids is 1. The Morgan fingerprint density at radius 3 is 3.00 bits per heavy atom. The molecule has 1 aromatic rings. The van der Waals surface area contributed by atoms with Crippen LogP contribution in [0.25, 0.3) is 0 Å². The molecule has 0 aliphatic carbocycles. The van der Waals surface area contributed by atoms with Crippen molar-refractivity contribution in [1.82, 2.24) is 0 Å². The Labute approximate surface area is 82.2 Å². The fraction of sp³-hybridized carbons (Fsp3) is 0.0909. The summed E-state index contributed by atoms with van der Waals surface area (Å²) in [7, 11) is 1.54. The molecule has 0 bridgehead atoms. The summed E-state index contributed by atoms with van der Waals surface area (Å²) in [4.78, 5) is 11.4. The van der Waals surface area contributed by atoms with Crippen LogP contribution in [0.2, 0.25) is 0 Å². The summed E-state index contributed by atoms with van der Waals surface area (Å²) in [5, 5.41) is 8.25. The minimum atomic E-state index is -0.203. The SMILES string of the molecule is COc1cccc(C(=O)C=CC#N)c1. The topological polar surface area (TPSA) is 50.1 Å². The number of benzene rings is 1. The molecule has 0 radical (unpaired) electrons. The molecule has 0 aliphatic rings. The van der Waals surface area contributed by atoms with Crippen molar-refractivity contribution in [1.29, 1.82) is 5.26 Å². The Hall–Kier alpha value is -2.08. The van der Waals surface area contributed by atoms with E-state index in [4.69, 9.17) is 10.00 Å². The molecule has 0 heterocycles. The van der Waals surface area contributed by atoms with Crippen molar-refractivity contribution in [3.63, 3.8) is 0 Å². The van der Waals surface area contributed by atoms with Crippen molar-refractivity contribution in [2.75, 3.05) is 7.11 Å². The second-order valence-corrected chi connectivity index (χ2v) is 2.56. The first-order valence-corrected chi connectivity index (χ1v) is 4.02. The number of hydrogen-bond donors (Lipinski definition) is 0. The van der Waals surface area contributed by atoms with Gasteiger partial charge >= 0.3 is 0 Å². The lowest BCUT2D eigenvalue weighted by Gasteiger charge is -2.00. The van der Waals surface area contributed by atoms with Gasteiger partial charge in [0.15, 0.2) is 5.78 Å². The molecule has 3 heteroatoms. The van der Waals surface area contributed by atoms with Crippen molar-refractivity contribution in [2.45, 2.75) is 0 Å². The van der Waals surface area contributed by atoms with Crippen LogP contribution in [0.1, 0.15) is 10.4 Å². The number of nitriles is 1. The molecule has 70 valence electrons. The van der Waals surface area contributed by atoms with Gasteiger partial charge in [-0.3, -0.25) is 4.79 Å². The monoisotopic (exact) mass is 187 g/mol. The highest BCUT2D eigenvalue weighted by Crippen LogP contribution is 2.13. The first-order valence-electron chi connectivity index (χ1n) is 4.02. The van der Waals surface area contributed by atoms with Crippen molar-refractivity contribution in [3.05, 3.63) is 42.0 Å². The number of methoxy groups -OCH3 is 1. The third kappa shape index (κ3) is 2.46. The minimum absolute atomic E-state index is 0.203. The van der Waals surface area contributed by atoms with Crippen LogP contribution in [0.4, 0.5) is 0 Å². The fourth-order valence-electron chi connectivity index (χ4n) is 0.986. The Kier molecular flexibility index (Phi) is 3.45. The highest BCUT2D eigenvalue weighted by atomic mass is 16.5. The third-order valence-corrected chi connectivity index (χ3v) is 1.66. The summed E-state index contributed by atoms with van der Waals surface area (Å²) in [5.41, 5.74) is 0.510. The largest absolute Gasteiger partial charge is 0.497 e. The number of carbonyl (C=O) groups is 1. The van der Waals surface area contributed by atoms with Gasteiger partial charge < -0.3 is 4.74 Å². The summed E-state index contributed by atoms with van der Waals surface area (Å²) < 4.78 is 4.97. The molecule has 0 N–H and O–H groups in total. The third-order valence-electron chi connectivity index (χ3n) is 1.66. The summed E-state index contributed by atoms with van der Waals surface area (Å²) >= 11 is 0. The molecule has 0 amide bonds. The van der Waals surface area contributed by atoms with Gasteiger partial charge in [-0.25, -0.2) is 0 Å². The number of hydrogen-bond acceptors (Lipinski definition) is 3. The van der Waals surface area contributed by atoms with Crippen LogP contribution in [-0.4, -0.2) is 12.9 Å². The van der Waals surface area contributed by atoms with E-state index in [0.717, 1.165) is 6.08 Å². The molecule has 14 heavy (non-hydrogen) atoms. The van der Waals surface area contributed by atoms with E-state index < -0.39 is 0 Å². The first kappa shape index (κ1) is 10.0. The molecule has 1 aromatic carbocycles. The number of allylic oxidation sites excluding steroid dienone is 2. The Morgan fingerprint density at radius 2 is 2.36 bits per heavy atom. The average Bonchev–Trinajstić information content (AvgIpc) is 2.26.